The maximum Gasteiger partial charge on any atom is 0.337 e. The Labute approximate surface area is 193 Å². The highest BCUT2D eigenvalue weighted by Crippen LogP contribution is 2.30. The third-order valence-electron chi connectivity index (χ3n) is 4.96. The number of ether oxygens (including phenoxy) is 1. The van der Waals surface area contributed by atoms with E-state index in [1.165, 1.54) is 23.1 Å². The fraction of sp³-hybridized carbons (Fsp3) is 0.261. The van der Waals surface area contributed by atoms with Crippen LogP contribution < -0.4 is 10.9 Å². The molecule has 4 rings (SSSR count). The monoisotopic (exact) mass is 465 g/mol. The maximum absolute atomic E-state index is 13.3. The fourth-order valence-electron chi connectivity index (χ4n) is 3.42. The second kappa shape index (κ2) is 8.62. The van der Waals surface area contributed by atoms with E-state index in [0.29, 0.717) is 27.8 Å². The van der Waals surface area contributed by atoms with Gasteiger partial charge in [0.1, 0.15) is 17.8 Å². The van der Waals surface area contributed by atoms with Crippen molar-refractivity contribution in [2.75, 3.05) is 12.4 Å². The third-order valence-corrected chi connectivity index (χ3v) is 5.83. The maximum atomic E-state index is 13.3. The average Bonchev–Trinajstić information content (AvgIpc) is 3.46. The van der Waals surface area contributed by atoms with Crippen molar-refractivity contribution in [3.05, 3.63) is 63.9 Å². The molecule has 0 saturated heterocycles. The zero-order valence-corrected chi connectivity index (χ0v) is 19.5. The molecular formula is C23H23N5O4S. The Morgan fingerprint density at radius 2 is 1.88 bits per heavy atom. The van der Waals surface area contributed by atoms with Crippen molar-refractivity contribution >= 4 is 39.8 Å². The molecule has 10 heteroatoms. The van der Waals surface area contributed by atoms with Gasteiger partial charge in [0.25, 0.3) is 5.56 Å². The van der Waals surface area contributed by atoms with E-state index >= 15 is 0 Å². The van der Waals surface area contributed by atoms with Crippen LogP contribution in [0.1, 0.15) is 31.1 Å². The molecule has 33 heavy (non-hydrogen) atoms. The van der Waals surface area contributed by atoms with E-state index in [-0.39, 0.29) is 6.54 Å². The predicted molar refractivity (Wildman–Crippen MR) is 127 cm³/mol. The molecule has 0 unspecified atom stereocenters. The Morgan fingerprint density at radius 3 is 2.48 bits per heavy atom. The van der Waals surface area contributed by atoms with Crippen LogP contribution in [0.15, 0.2) is 52.8 Å². The zero-order chi connectivity index (χ0) is 23.8. The molecule has 170 valence electrons. The van der Waals surface area contributed by atoms with Gasteiger partial charge in [0.05, 0.1) is 34.7 Å². The summed E-state index contributed by atoms with van der Waals surface area (Å²) in [5.74, 6) is -0.887. The number of esters is 1. The van der Waals surface area contributed by atoms with Crippen LogP contribution in [-0.2, 0) is 21.6 Å². The highest BCUT2D eigenvalue weighted by Gasteiger charge is 2.24. The van der Waals surface area contributed by atoms with E-state index in [2.05, 4.69) is 20.3 Å². The molecule has 9 nitrogen and oxygen atoms in total. The van der Waals surface area contributed by atoms with Crippen LogP contribution in [0.2, 0.25) is 0 Å². The Kier molecular flexibility index (Phi) is 5.86. The quantitative estimate of drug-likeness (QED) is 0.452. The Balaban J connectivity index is 1.70. The second-order valence-electron chi connectivity index (χ2n) is 8.40. The molecule has 0 saturated carbocycles. The van der Waals surface area contributed by atoms with Gasteiger partial charge >= 0.3 is 5.97 Å². The number of amides is 1. The summed E-state index contributed by atoms with van der Waals surface area (Å²) in [6.07, 6.45) is 1.65. The first-order valence-corrected chi connectivity index (χ1v) is 11.1. The van der Waals surface area contributed by atoms with Crippen LogP contribution >= 0.6 is 11.3 Å². The number of hydrogen-bond donors (Lipinski definition) is 1. The van der Waals surface area contributed by atoms with E-state index < -0.39 is 23.0 Å². The average molecular weight is 466 g/mol. The topological polar surface area (TPSA) is 108 Å². The Morgan fingerprint density at radius 1 is 1.15 bits per heavy atom. The number of fused-ring (bicyclic) bond motifs is 1. The molecule has 0 atom stereocenters. The van der Waals surface area contributed by atoms with E-state index in [1.807, 2.05) is 38.3 Å². The summed E-state index contributed by atoms with van der Waals surface area (Å²) in [6.45, 7) is 5.60. The fourth-order valence-corrected chi connectivity index (χ4v) is 4.15. The lowest BCUT2D eigenvalue weighted by molar-refractivity contribution is -0.117. The van der Waals surface area contributed by atoms with Crippen molar-refractivity contribution < 1.29 is 14.3 Å². The molecule has 0 spiro atoms. The molecule has 0 aliphatic carbocycles. The van der Waals surface area contributed by atoms with Crippen LogP contribution in [0.5, 0.6) is 0 Å². The minimum absolute atomic E-state index is 0.277. The first-order valence-electron chi connectivity index (χ1n) is 10.2. The van der Waals surface area contributed by atoms with Crippen LogP contribution in [-0.4, -0.2) is 38.5 Å². The van der Waals surface area contributed by atoms with Gasteiger partial charge in [-0.1, -0.05) is 6.07 Å². The highest BCUT2D eigenvalue weighted by molar-refractivity contribution is 7.13. The van der Waals surface area contributed by atoms with Crippen molar-refractivity contribution in [1.82, 2.24) is 19.6 Å². The van der Waals surface area contributed by atoms with Gasteiger partial charge < -0.3 is 10.1 Å². The molecule has 0 aliphatic rings. The molecular weight excluding hydrogens is 442 g/mol. The predicted octanol–water partition coefficient (Wildman–Crippen LogP) is 3.50. The van der Waals surface area contributed by atoms with Crippen molar-refractivity contribution in [2.45, 2.75) is 32.9 Å². The summed E-state index contributed by atoms with van der Waals surface area (Å²) in [5.41, 5.74) is 1.03. The smallest absolute Gasteiger partial charge is 0.337 e. The van der Waals surface area contributed by atoms with E-state index in [1.54, 1.807) is 35.1 Å². The van der Waals surface area contributed by atoms with Crippen LogP contribution in [0.3, 0.4) is 0 Å². The number of anilines is 1. The molecule has 1 aromatic carbocycles. The lowest BCUT2D eigenvalue weighted by atomic mass is 10.1. The van der Waals surface area contributed by atoms with Gasteiger partial charge in [-0.3, -0.25) is 14.3 Å². The summed E-state index contributed by atoms with van der Waals surface area (Å²) in [4.78, 5) is 38.5. The van der Waals surface area contributed by atoms with Crippen molar-refractivity contribution in [2.24, 2.45) is 0 Å². The molecule has 3 heterocycles. The second-order valence-corrected chi connectivity index (χ2v) is 9.34. The molecule has 4 aromatic rings. The van der Waals surface area contributed by atoms with Crippen molar-refractivity contribution in [3.8, 4) is 10.6 Å². The number of benzene rings is 1. The minimum Gasteiger partial charge on any atom is -0.465 e. The number of nitrogens with one attached hydrogen (secondary N) is 1. The normalized spacial score (nSPS) is 11.5. The van der Waals surface area contributed by atoms with Crippen LogP contribution in [0, 0.1) is 0 Å². The first kappa shape index (κ1) is 22.4. The number of aromatic nitrogens is 4. The summed E-state index contributed by atoms with van der Waals surface area (Å²) in [7, 11) is 1.30. The van der Waals surface area contributed by atoms with Gasteiger partial charge in [0, 0.05) is 5.69 Å². The number of methoxy groups -OCH3 is 1. The van der Waals surface area contributed by atoms with E-state index in [4.69, 9.17) is 0 Å². The van der Waals surface area contributed by atoms with Gasteiger partial charge in [-0.25, -0.2) is 9.48 Å². The third kappa shape index (κ3) is 4.42. The van der Waals surface area contributed by atoms with Crippen LogP contribution in [0.25, 0.3) is 21.5 Å². The van der Waals surface area contributed by atoms with Gasteiger partial charge in [-0.2, -0.15) is 10.2 Å². The van der Waals surface area contributed by atoms with Gasteiger partial charge in [-0.05, 0) is 56.5 Å². The number of carbonyl (C=O) groups excluding carboxylic acids is 2. The van der Waals surface area contributed by atoms with Gasteiger partial charge in [-0.15, -0.1) is 11.3 Å². The summed E-state index contributed by atoms with van der Waals surface area (Å²) in [5, 5.41) is 14.3. The number of carbonyl (C=O) groups is 2. The van der Waals surface area contributed by atoms with Crippen LogP contribution in [0.4, 0.5) is 5.69 Å². The SMILES string of the molecule is COC(=O)c1ccc(NC(=O)Cn2nc(-c3cccs3)c3cnn(C(C)(C)C)c3c2=O)cc1. The molecule has 1 amide bonds. The molecule has 0 radical (unpaired) electrons. The lowest BCUT2D eigenvalue weighted by Gasteiger charge is -2.20. The molecule has 0 bridgehead atoms. The number of thiophene rings is 1. The Bertz CT molecular complexity index is 1380. The zero-order valence-electron chi connectivity index (χ0n) is 18.7. The molecule has 1 N–H and O–H groups in total. The first-order chi connectivity index (χ1) is 15.7. The summed E-state index contributed by atoms with van der Waals surface area (Å²) in [6, 6.07) is 10.1. The number of nitrogens with zero attached hydrogens (tertiary/aromatic N) is 4. The molecule has 0 aliphatic heterocycles. The number of rotatable bonds is 5. The Hall–Kier alpha value is -3.79. The molecule has 0 fully saturated rings. The van der Waals surface area contributed by atoms with E-state index in [0.717, 1.165) is 4.88 Å². The minimum atomic E-state index is -0.464. The van der Waals surface area contributed by atoms with Gasteiger partial charge in [0.2, 0.25) is 5.91 Å². The van der Waals surface area contributed by atoms with Crippen molar-refractivity contribution in [1.29, 1.82) is 0 Å². The van der Waals surface area contributed by atoms with E-state index in [9.17, 15) is 14.4 Å². The molecule has 3 aromatic heterocycles. The highest BCUT2D eigenvalue weighted by atomic mass is 32.1. The van der Waals surface area contributed by atoms with Crippen molar-refractivity contribution in [3.63, 3.8) is 0 Å². The largest absolute Gasteiger partial charge is 0.465 e. The standard InChI is InChI=1S/C23H23N5O4S/c1-23(2,3)28-20-16(12-24-28)19(17-6-5-11-33-17)26-27(21(20)30)13-18(29)25-15-9-7-14(8-10-15)22(31)32-4/h5-12H,13H2,1-4H3,(H,25,29). The summed E-state index contributed by atoms with van der Waals surface area (Å²) >= 11 is 1.50. The van der Waals surface area contributed by atoms with Gasteiger partial charge in [0.15, 0.2) is 0 Å². The number of hydrogen-bond acceptors (Lipinski definition) is 7. The summed E-state index contributed by atoms with van der Waals surface area (Å²) < 4.78 is 7.51. The lowest BCUT2D eigenvalue weighted by Crippen LogP contribution is -2.33.